The van der Waals surface area contributed by atoms with Crippen LogP contribution in [0, 0.1) is 13.8 Å². The van der Waals surface area contributed by atoms with Gasteiger partial charge in [0, 0.05) is 33.9 Å². The monoisotopic (exact) mass is 547 g/mol. The Balaban J connectivity index is 1.62. The SMILES string of the molecule is COc1ccc2ccccc2c1C1C(C(C)=O)=C(C)N=c2sc(=Cc3cc(C)n(-c4ccccc4)c3C)c(=O)n21. The molecule has 0 saturated heterocycles. The normalized spacial score (nSPS) is 15.3. The van der Waals surface area contributed by atoms with E-state index in [1.54, 1.807) is 11.7 Å². The smallest absolute Gasteiger partial charge is 0.271 e. The number of aryl methyl sites for hydroxylation is 1. The van der Waals surface area contributed by atoms with E-state index < -0.39 is 6.04 Å². The van der Waals surface area contributed by atoms with Crippen molar-refractivity contribution in [2.24, 2.45) is 4.99 Å². The van der Waals surface area contributed by atoms with Gasteiger partial charge in [0.25, 0.3) is 5.56 Å². The first-order valence-corrected chi connectivity index (χ1v) is 13.9. The van der Waals surface area contributed by atoms with Gasteiger partial charge < -0.3 is 9.30 Å². The molecule has 3 heterocycles. The lowest BCUT2D eigenvalue weighted by Crippen LogP contribution is -2.39. The summed E-state index contributed by atoms with van der Waals surface area (Å²) < 4.78 is 10.2. The maximum atomic E-state index is 14.2. The zero-order chi connectivity index (χ0) is 28.1. The van der Waals surface area contributed by atoms with Gasteiger partial charge in [0.1, 0.15) is 5.75 Å². The number of fused-ring (bicyclic) bond motifs is 2. The van der Waals surface area contributed by atoms with Crippen molar-refractivity contribution in [2.75, 3.05) is 7.11 Å². The largest absolute Gasteiger partial charge is 0.496 e. The summed E-state index contributed by atoms with van der Waals surface area (Å²) in [5.74, 6) is 0.500. The molecular weight excluding hydrogens is 518 g/mol. The summed E-state index contributed by atoms with van der Waals surface area (Å²) in [5, 5.41) is 1.94. The molecular formula is C33H29N3O3S. The molecule has 2 aromatic heterocycles. The number of methoxy groups -OCH3 is 1. The third kappa shape index (κ3) is 4.05. The molecule has 1 unspecified atom stereocenters. The van der Waals surface area contributed by atoms with E-state index in [2.05, 4.69) is 36.6 Å². The molecule has 5 aromatic rings. The highest BCUT2D eigenvalue weighted by Crippen LogP contribution is 2.40. The average molecular weight is 548 g/mol. The number of thiazole rings is 1. The Kier molecular flexibility index (Phi) is 6.39. The average Bonchev–Trinajstić information content (AvgIpc) is 3.41. The van der Waals surface area contributed by atoms with Gasteiger partial charge in [0.05, 0.1) is 17.7 Å². The maximum Gasteiger partial charge on any atom is 0.271 e. The van der Waals surface area contributed by atoms with E-state index in [9.17, 15) is 9.59 Å². The van der Waals surface area contributed by atoms with Crippen LogP contribution >= 0.6 is 11.3 Å². The Labute approximate surface area is 235 Å². The fourth-order valence-electron chi connectivity index (χ4n) is 5.83. The number of ketones is 1. The lowest BCUT2D eigenvalue weighted by Gasteiger charge is -2.27. The van der Waals surface area contributed by atoms with Gasteiger partial charge >= 0.3 is 0 Å². The molecule has 0 aliphatic carbocycles. The highest BCUT2D eigenvalue weighted by molar-refractivity contribution is 7.07. The summed E-state index contributed by atoms with van der Waals surface area (Å²) in [6.45, 7) is 7.50. The van der Waals surface area contributed by atoms with Crippen molar-refractivity contribution in [3.8, 4) is 11.4 Å². The number of ether oxygens (including phenoxy) is 1. The van der Waals surface area contributed by atoms with E-state index in [0.29, 0.717) is 26.4 Å². The van der Waals surface area contributed by atoms with Crippen LogP contribution in [0.5, 0.6) is 5.75 Å². The number of para-hydroxylation sites is 1. The van der Waals surface area contributed by atoms with Crippen LogP contribution in [0.2, 0.25) is 0 Å². The lowest BCUT2D eigenvalue weighted by atomic mass is 9.89. The summed E-state index contributed by atoms with van der Waals surface area (Å²) in [4.78, 5) is 32.6. The van der Waals surface area contributed by atoms with Gasteiger partial charge in [-0.1, -0.05) is 59.9 Å². The minimum atomic E-state index is -0.659. The van der Waals surface area contributed by atoms with Crippen molar-refractivity contribution in [3.05, 3.63) is 126 Å². The predicted molar refractivity (Wildman–Crippen MR) is 160 cm³/mol. The quantitative estimate of drug-likeness (QED) is 0.296. The number of benzene rings is 3. The van der Waals surface area contributed by atoms with Crippen molar-refractivity contribution in [1.29, 1.82) is 0 Å². The summed E-state index contributed by atoms with van der Waals surface area (Å²) >= 11 is 1.34. The molecule has 1 atom stereocenters. The van der Waals surface area contributed by atoms with E-state index in [0.717, 1.165) is 39.0 Å². The van der Waals surface area contributed by atoms with Crippen molar-refractivity contribution < 1.29 is 9.53 Å². The summed E-state index contributed by atoms with van der Waals surface area (Å²) in [7, 11) is 1.61. The number of hydrogen-bond acceptors (Lipinski definition) is 5. The number of aromatic nitrogens is 2. The van der Waals surface area contributed by atoms with Crippen molar-refractivity contribution in [2.45, 2.75) is 33.7 Å². The van der Waals surface area contributed by atoms with Crippen LogP contribution in [0.3, 0.4) is 0 Å². The summed E-state index contributed by atoms with van der Waals surface area (Å²) in [5.41, 5.74) is 5.88. The fraction of sp³-hybridized carbons (Fsp3) is 0.182. The molecule has 3 aromatic carbocycles. The number of nitrogens with zero attached hydrogens (tertiary/aromatic N) is 3. The fourth-order valence-corrected chi connectivity index (χ4v) is 6.87. The number of carbonyl (C=O) groups excluding carboxylic acids is 1. The van der Waals surface area contributed by atoms with E-state index in [1.165, 1.54) is 18.3 Å². The molecule has 0 bridgehead atoms. The number of carbonyl (C=O) groups is 1. The van der Waals surface area contributed by atoms with Gasteiger partial charge in [-0.25, -0.2) is 4.99 Å². The van der Waals surface area contributed by atoms with Gasteiger partial charge in [-0.3, -0.25) is 14.2 Å². The zero-order valence-electron chi connectivity index (χ0n) is 23.1. The van der Waals surface area contributed by atoms with Gasteiger partial charge in [-0.05, 0) is 74.4 Å². The van der Waals surface area contributed by atoms with Gasteiger partial charge in [0.2, 0.25) is 0 Å². The second-order valence-electron chi connectivity index (χ2n) is 10.0. The van der Waals surface area contributed by atoms with Crippen LogP contribution in [-0.2, 0) is 4.79 Å². The van der Waals surface area contributed by atoms with Crippen LogP contribution in [0.15, 0.2) is 93.9 Å². The first-order valence-electron chi connectivity index (χ1n) is 13.1. The number of rotatable bonds is 5. The summed E-state index contributed by atoms with van der Waals surface area (Å²) in [6.07, 6.45) is 1.94. The van der Waals surface area contributed by atoms with Crippen molar-refractivity contribution in [3.63, 3.8) is 0 Å². The lowest BCUT2D eigenvalue weighted by molar-refractivity contribution is -0.114. The van der Waals surface area contributed by atoms with E-state index in [4.69, 9.17) is 9.73 Å². The highest BCUT2D eigenvalue weighted by Gasteiger charge is 2.33. The standard InChI is InChI=1S/C33H29N3O3S/c1-19-17-24(21(3)35(19)25-12-7-6-8-13-25)18-28-32(38)36-31(29(22(4)37)20(2)34-33(36)40-28)30-26-14-10-9-11-23(26)15-16-27(30)39-5/h6-18,31H,1-5H3. The van der Waals surface area contributed by atoms with Crippen LogP contribution in [0.25, 0.3) is 22.5 Å². The van der Waals surface area contributed by atoms with Crippen LogP contribution in [-0.4, -0.2) is 22.0 Å². The van der Waals surface area contributed by atoms with Crippen LogP contribution < -0.4 is 19.6 Å². The number of allylic oxidation sites excluding steroid dienone is 2. The molecule has 200 valence electrons. The molecule has 6 rings (SSSR count). The van der Waals surface area contributed by atoms with Gasteiger partial charge in [-0.2, -0.15) is 0 Å². The predicted octanol–water partition coefficient (Wildman–Crippen LogP) is 5.39. The molecule has 40 heavy (non-hydrogen) atoms. The molecule has 0 spiro atoms. The van der Waals surface area contributed by atoms with Crippen LogP contribution in [0.4, 0.5) is 0 Å². The molecule has 0 N–H and O–H groups in total. The molecule has 0 fully saturated rings. The molecule has 7 heteroatoms. The van der Waals surface area contributed by atoms with E-state index in [-0.39, 0.29) is 11.3 Å². The molecule has 0 radical (unpaired) electrons. The molecule has 1 aliphatic heterocycles. The Bertz CT molecular complexity index is 2030. The Morgan fingerprint density at radius 3 is 2.45 bits per heavy atom. The Morgan fingerprint density at radius 2 is 1.73 bits per heavy atom. The Morgan fingerprint density at radius 1 is 1.00 bits per heavy atom. The van der Waals surface area contributed by atoms with Crippen molar-refractivity contribution in [1.82, 2.24) is 9.13 Å². The highest BCUT2D eigenvalue weighted by atomic mass is 32.1. The molecule has 6 nitrogen and oxygen atoms in total. The van der Waals surface area contributed by atoms with Crippen LogP contribution in [0.1, 0.15) is 42.4 Å². The maximum absolute atomic E-state index is 14.2. The first kappa shape index (κ1) is 25.8. The van der Waals surface area contributed by atoms with Gasteiger partial charge in [-0.15, -0.1) is 0 Å². The topological polar surface area (TPSA) is 65.6 Å². The van der Waals surface area contributed by atoms with E-state index in [1.807, 2.05) is 67.6 Å². The van der Waals surface area contributed by atoms with Gasteiger partial charge in [0.15, 0.2) is 10.6 Å². The number of Topliss-reactive ketones (excluding diaryl/α,β-unsaturated/α-hetero) is 1. The Hall–Kier alpha value is -4.49. The number of hydrogen-bond donors (Lipinski definition) is 0. The molecule has 1 aliphatic rings. The van der Waals surface area contributed by atoms with Crippen molar-refractivity contribution >= 4 is 34.0 Å². The van der Waals surface area contributed by atoms with E-state index >= 15 is 0 Å². The minimum absolute atomic E-state index is 0.123. The second-order valence-corrected chi connectivity index (χ2v) is 11.0. The minimum Gasteiger partial charge on any atom is -0.496 e. The zero-order valence-corrected chi connectivity index (χ0v) is 23.9. The third-order valence-corrected chi connectivity index (χ3v) is 8.58. The molecule has 0 amide bonds. The first-order chi connectivity index (χ1) is 19.3. The summed E-state index contributed by atoms with van der Waals surface area (Å²) in [6, 6.07) is 23.5. The molecule has 0 saturated carbocycles. The second kappa shape index (κ2) is 9.92. The third-order valence-electron chi connectivity index (χ3n) is 7.60.